The second kappa shape index (κ2) is 6.57. The van der Waals surface area contributed by atoms with E-state index in [1.54, 1.807) is 43.2 Å². The van der Waals surface area contributed by atoms with Crippen LogP contribution in [-0.4, -0.2) is 24.1 Å². The fourth-order valence-electron chi connectivity index (χ4n) is 2.47. The predicted octanol–water partition coefficient (Wildman–Crippen LogP) is -0.487. The van der Waals surface area contributed by atoms with Gasteiger partial charge < -0.3 is 4.98 Å². The maximum atomic E-state index is 12.6. The second-order valence-corrected chi connectivity index (χ2v) is 6.31. The molecule has 136 valence electrons. The van der Waals surface area contributed by atoms with Gasteiger partial charge in [-0.15, -0.1) is 0 Å². The molecular formula is C15H13N9O2S. The van der Waals surface area contributed by atoms with E-state index in [0.29, 0.717) is 27.7 Å². The zero-order chi connectivity index (χ0) is 19.0. The molecule has 4 aromatic rings. The lowest BCUT2D eigenvalue weighted by Gasteiger charge is -1.99. The lowest BCUT2D eigenvalue weighted by atomic mass is 10.2. The van der Waals surface area contributed by atoms with E-state index in [0.717, 1.165) is 11.5 Å². The van der Waals surface area contributed by atoms with Crippen LogP contribution in [-0.2, 0) is 7.05 Å². The Labute approximate surface area is 154 Å². The van der Waals surface area contributed by atoms with Crippen LogP contribution in [0.4, 0.5) is 10.9 Å². The van der Waals surface area contributed by atoms with Crippen LogP contribution < -0.4 is 32.4 Å². The fraction of sp³-hybridized carbons (Fsp3) is 0.133. The van der Waals surface area contributed by atoms with Crippen LogP contribution in [0.2, 0.25) is 0 Å². The molecule has 0 aliphatic heterocycles. The van der Waals surface area contributed by atoms with Crippen molar-refractivity contribution in [3.8, 4) is 0 Å². The van der Waals surface area contributed by atoms with Gasteiger partial charge in [-0.3, -0.25) is 25.1 Å². The number of aromatic nitrogens is 5. The van der Waals surface area contributed by atoms with E-state index in [1.807, 2.05) is 0 Å². The molecule has 0 fully saturated rings. The number of aromatic amines is 1. The van der Waals surface area contributed by atoms with Crippen molar-refractivity contribution >= 4 is 33.4 Å². The molecule has 4 rings (SSSR count). The molecule has 0 atom stereocenters. The molecule has 3 aromatic heterocycles. The number of benzene rings is 1. The number of rotatable bonds is 4. The zero-order valence-electron chi connectivity index (χ0n) is 14.2. The predicted molar refractivity (Wildman–Crippen MR) is 99.4 cm³/mol. The molecule has 0 saturated heterocycles. The first-order valence-corrected chi connectivity index (χ1v) is 8.55. The third-order valence-corrected chi connectivity index (χ3v) is 4.48. The zero-order valence-corrected chi connectivity index (χ0v) is 15.0. The highest BCUT2D eigenvalue weighted by Crippen LogP contribution is 2.09. The van der Waals surface area contributed by atoms with E-state index in [2.05, 4.69) is 40.5 Å². The largest absolute Gasteiger partial charge is 0.359 e. The SMILES string of the molecule is Cc1nsc(N/N=c2/c(=O)c(=O)/c(=N\Nc3ccnn3C)c3[nH]ccc23)n1. The Bertz CT molecular complexity index is 1350. The van der Waals surface area contributed by atoms with Crippen LogP contribution in [0.5, 0.6) is 0 Å². The van der Waals surface area contributed by atoms with Crippen molar-refractivity contribution in [2.75, 3.05) is 10.9 Å². The van der Waals surface area contributed by atoms with Crippen LogP contribution in [0.1, 0.15) is 5.82 Å². The van der Waals surface area contributed by atoms with Gasteiger partial charge in [-0.25, -0.2) is 4.98 Å². The Morgan fingerprint density at radius 3 is 2.63 bits per heavy atom. The van der Waals surface area contributed by atoms with E-state index in [1.165, 1.54) is 0 Å². The van der Waals surface area contributed by atoms with E-state index >= 15 is 0 Å². The first-order chi connectivity index (χ1) is 13.0. The molecule has 0 unspecified atom stereocenters. The van der Waals surface area contributed by atoms with Gasteiger partial charge in [0.05, 0.1) is 11.7 Å². The van der Waals surface area contributed by atoms with Crippen LogP contribution in [0.25, 0.3) is 10.9 Å². The molecule has 27 heavy (non-hydrogen) atoms. The second-order valence-electron chi connectivity index (χ2n) is 5.56. The number of fused-ring (bicyclic) bond motifs is 1. The molecule has 0 aliphatic carbocycles. The summed E-state index contributed by atoms with van der Waals surface area (Å²) >= 11 is 1.11. The van der Waals surface area contributed by atoms with Gasteiger partial charge in [0.1, 0.15) is 17.0 Å². The van der Waals surface area contributed by atoms with Crippen molar-refractivity contribution < 1.29 is 0 Å². The summed E-state index contributed by atoms with van der Waals surface area (Å²) in [6, 6.07) is 3.35. The van der Waals surface area contributed by atoms with Crippen LogP contribution in [0, 0.1) is 6.92 Å². The average molecular weight is 383 g/mol. The Morgan fingerprint density at radius 1 is 1.15 bits per heavy atom. The van der Waals surface area contributed by atoms with Crippen LogP contribution >= 0.6 is 11.5 Å². The lowest BCUT2D eigenvalue weighted by molar-refractivity contribution is 0.770. The summed E-state index contributed by atoms with van der Waals surface area (Å²) in [5.41, 5.74) is 4.29. The number of hydrogen-bond acceptors (Lipinski definition) is 10. The molecule has 0 amide bonds. The van der Waals surface area contributed by atoms with Crippen molar-refractivity contribution in [3.05, 3.63) is 61.5 Å². The Morgan fingerprint density at radius 2 is 1.93 bits per heavy atom. The van der Waals surface area contributed by atoms with Gasteiger partial charge in [0, 0.05) is 36.2 Å². The highest BCUT2D eigenvalue weighted by atomic mass is 32.1. The van der Waals surface area contributed by atoms with E-state index in [9.17, 15) is 9.59 Å². The monoisotopic (exact) mass is 383 g/mol. The first-order valence-electron chi connectivity index (χ1n) is 7.77. The minimum absolute atomic E-state index is 0.0106. The Kier molecular flexibility index (Phi) is 4.08. The molecular weight excluding hydrogens is 370 g/mol. The van der Waals surface area contributed by atoms with E-state index in [4.69, 9.17) is 0 Å². The number of nitrogens with one attached hydrogen (secondary N) is 3. The molecule has 0 aliphatic rings. The summed E-state index contributed by atoms with van der Waals surface area (Å²) in [7, 11) is 1.72. The molecule has 12 heteroatoms. The minimum Gasteiger partial charge on any atom is -0.359 e. The summed E-state index contributed by atoms with van der Waals surface area (Å²) in [4.78, 5) is 32.2. The van der Waals surface area contributed by atoms with Gasteiger partial charge in [-0.05, 0) is 13.0 Å². The normalized spacial score (nSPS) is 12.8. The van der Waals surface area contributed by atoms with Gasteiger partial charge in [0.15, 0.2) is 5.36 Å². The number of nitrogens with zero attached hydrogens (tertiary/aromatic N) is 6. The third kappa shape index (κ3) is 3.01. The Balaban J connectivity index is 1.86. The quantitative estimate of drug-likeness (QED) is 0.319. The summed E-state index contributed by atoms with van der Waals surface area (Å²) in [6.07, 6.45) is 3.20. The van der Waals surface area contributed by atoms with E-state index in [-0.39, 0.29) is 10.7 Å². The number of anilines is 2. The molecule has 0 spiro atoms. The molecule has 0 radical (unpaired) electrons. The highest BCUT2D eigenvalue weighted by Gasteiger charge is 2.11. The van der Waals surface area contributed by atoms with Gasteiger partial charge >= 0.3 is 0 Å². The summed E-state index contributed by atoms with van der Waals surface area (Å²) in [5, 5.41) is 13.0. The van der Waals surface area contributed by atoms with Crippen molar-refractivity contribution in [1.29, 1.82) is 0 Å². The highest BCUT2D eigenvalue weighted by molar-refractivity contribution is 7.09. The van der Waals surface area contributed by atoms with Crippen molar-refractivity contribution in [1.82, 2.24) is 24.1 Å². The summed E-state index contributed by atoms with van der Waals surface area (Å²) in [5.74, 6) is 1.16. The van der Waals surface area contributed by atoms with Crippen molar-refractivity contribution in [2.45, 2.75) is 6.92 Å². The maximum Gasteiger partial charge on any atom is 0.257 e. The molecule has 3 N–H and O–H groups in total. The van der Waals surface area contributed by atoms with Gasteiger partial charge in [0.2, 0.25) is 5.13 Å². The number of H-pyrrole nitrogens is 1. The average Bonchev–Trinajstić information content (AvgIpc) is 3.37. The number of hydrogen-bond donors (Lipinski definition) is 3. The molecule has 0 saturated carbocycles. The molecule has 0 bridgehead atoms. The van der Waals surface area contributed by atoms with E-state index < -0.39 is 10.9 Å². The summed E-state index contributed by atoms with van der Waals surface area (Å²) < 4.78 is 5.57. The smallest absolute Gasteiger partial charge is 0.257 e. The first kappa shape index (κ1) is 16.8. The van der Waals surface area contributed by atoms with Crippen molar-refractivity contribution in [3.63, 3.8) is 0 Å². The fourth-order valence-corrected chi connectivity index (χ4v) is 2.99. The lowest BCUT2D eigenvalue weighted by Crippen LogP contribution is -2.48. The minimum atomic E-state index is -0.770. The maximum absolute atomic E-state index is 12.6. The van der Waals surface area contributed by atoms with Gasteiger partial charge in [-0.1, -0.05) is 0 Å². The standard InChI is InChI=1S/C15H13N9O2S/c1-7-18-15(27-23-7)22-20-11-8-3-5-16-10(8)12(14(26)13(11)25)21-19-9-4-6-17-24(9)2/h3-6,16,19H,1-2H3,(H,18,22,23)/b20-11+,21-12-. The number of aryl methyl sites for hydroxylation is 2. The molecule has 11 nitrogen and oxygen atoms in total. The summed E-state index contributed by atoms with van der Waals surface area (Å²) in [6.45, 7) is 1.74. The Hall–Kier alpha value is -3.67. The van der Waals surface area contributed by atoms with Crippen molar-refractivity contribution in [2.24, 2.45) is 17.3 Å². The topological polar surface area (TPSA) is 142 Å². The third-order valence-electron chi connectivity index (χ3n) is 3.77. The van der Waals surface area contributed by atoms with Crippen LogP contribution in [0.15, 0.2) is 44.3 Å². The van der Waals surface area contributed by atoms with Gasteiger partial charge in [-0.2, -0.15) is 19.7 Å². The molecule has 1 aromatic carbocycles. The van der Waals surface area contributed by atoms with Gasteiger partial charge in [0.25, 0.3) is 10.9 Å². The van der Waals surface area contributed by atoms with Crippen LogP contribution in [0.3, 0.4) is 0 Å². The molecule has 3 heterocycles.